The molecule has 0 spiro atoms. The molecular formula is C26H28ClFN4O3S. The number of aryl methyl sites for hydroxylation is 1. The first kappa shape index (κ1) is 26.2. The van der Waals surface area contributed by atoms with Gasteiger partial charge in [-0.05, 0) is 75.4 Å². The number of sulfonamides is 1. The summed E-state index contributed by atoms with van der Waals surface area (Å²) < 4.78 is 41.8. The molecule has 0 unspecified atom stereocenters. The molecule has 1 atom stereocenters. The molecule has 0 saturated heterocycles. The zero-order chi connectivity index (χ0) is 25.9. The largest absolute Gasteiger partial charge is 0.349 e. The molecule has 1 aliphatic rings. The van der Waals surface area contributed by atoms with Gasteiger partial charge < -0.3 is 5.32 Å². The molecule has 7 nitrogen and oxygen atoms in total. The second kappa shape index (κ2) is 11.0. The predicted molar refractivity (Wildman–Crippen MR) is 136 cm³/mol. The van der Waals surface area contributed by atoms with E-state index in [1.165, 1.54) is 24.4 Å². The summed E-state index contributed by atoms with van der Waals surface area (Å²) in [5.74, 6) is -0.602. The highest BCUT2D eigenvalue weighted by molar-refractivity contribution is 7.89. The van der Waals surface area contributed by atoms with Crippen molar-refractivity contribution in [1.29, 1.82) is 0 Å². The number of rotatable bonds is 7. The van der Waals surface area contributed by atoms with Crippen molar-refractivity contribution in [2.75, 3.05) is 0 Å². The Bertz CT molecular complexity index is 1340. The number of hydrogen-bond acceptors (Lipinski definition) is 5. The Hall–Kier alpha value is -2.88. The fourth-order valence-electron chi connectivity index (χ4n) is 4.40. The van der Waals surface area contributed by atoms with Crippen molar-refractivity contribution >= 4 is 27.5 Å². The van der Waals surface area contributed by atoms with E-state index in [0.29, 0.717) is 31.4 Å². The van der Waals surface area contributed by atoms with Crippen molar-refractivity contribution in [1.82, 2.24) is 20.0 Å². The Labute approximate surface area is 215 Å². The van der Waals surface area contributed by atoms with Crippen LogP contribution in [0.3, 0.4) is 0 Å². The summed E-state index contributed by atoms with van der Waals surface area (Å²) in [4.78, 5) is 21.2. The van der Waals surface area contributed by atoms with E-state index in [1.807, 2.05) is 19.9 Å². The summed E-state index contributed by atoms with van der Waals surface area (Å²) in [5.41, 5.74) is 2.87. The molecule has 1 fully saturated rings. The van der Waals surface area contributed by atoms with Crippen molar-refractivity contribution in [2.24, 2.45) is 5.92 Å². The third kappa shape index (κ3) is 6.27. The molecule has 36 heavy (non-hydrogen) atoms. The van der Waals surface area contributed by atoms with Crippen molar-refractivity contribution in [3.05, 3.63) is 77.0 Å². The first-order valence-electron chi connectivity index (χ1n) is 11.8. The second-order valence-corrected chi connectivity index (χ2v) is 11.3. The minimum atomic E-state index is -3.83. The van der Waals surface area contributed by atoms with Gasteiger partial charge in [-0.3, -0.25) is 14.8 Å². The maximum atomic E-state index is 13.1. The Morgan fingerprint density at radius 2 is 1.78 bits per heavy atom. The number of carbonyl (C=O) groups is 1. The van der Waals surface area contributed by atoms with E-state index in [-0.39, 0.29) is 39.6 Å². The Balaban J connectivity index is 1.34. The average Bonchev–Trinajstić information content (AvgIpc) is 2.84. The molecule has 2 N–H and O–H groups in total. The summed E-state index contributed by atoms with van der Waals surface area (Å²) in [6.07, 6.45) is 5.16. The Morgan fingerprint density at radius 3 is 2.42 bits per heavy atom. The van der Waals surface area contributed by atoms with E-state index < -0.39 is 10.0 Å². The van der Waals surface area contributed by atoms with Crippen molar-refractivity contribution < 1.29 is 17.6 Å². The van der Waals surface area contributed by atoms with Gasteiger partial charge in [0.05, 0.1) is 16.8 Å². The van der Waals surface area contributed by atoms with Gasteiger partial charge in [0.15, 0.2) is 0 Å². The maximum absolute atomic E-state index is 13.1. The summed E-state index contributed by atoms with van der Waals surface area (Å²) in [5, 5.41) is 3.21. The molecular weight excluding hydrogens is 503 g/mol. The third-order valence-electron chi connectivity index (χ3n) is 6.45. The normalized spacial score (nSPS) is 19.0. The molecule has 0 radical (unpaired) electrons. The predicted octanol–water partition coefficient (Wildman–Crippen LogP) is 4.96. The molecule has 4 rings (SSSR count). The van der Waals surface area contributed by atoms with Crippen molar-refractivity contribution in [3.63, 3.8) is 0 Å². The number of nitrogens with one attached hydrogen (secondary N) is 2. The van der Waals surface area contributed by atoms with Gasteiger partial charge in [-0.2, -0.15) is 0 Å². The lowest BCUT2D eigenvalue weighted by Crippen LogP contribution is -2.41. The number of aromatic nitrogens is 2. The van der Waals surface area contributed by atoms with Gasteiger partial charge in [-0.1, -0.05) is 23.7 Å². The number of nitrogens with zero attached hydrogens (tertiary/aromatic N) is 2. The topological polar surface area (TPSA) is 101 Å². The van der Waals surface area contributed by atoms with Gasteiger partial charge in [0.1, 0.15) is 10.7 Å². The Morgan fingerprint density at radius 1 is 1.08 bits per heavy atom. The molecule has 190 valence electrons. The van der Waals surface area contributed by atoms with E-state index in [0.717, 1.165) is 16.8 Å². The zero-order valence-electron chi connectivity index (χ0n) is 20.0. The van der Waals surface area contributed by atoms with Gasteiger partial charge in [0, 0.05) is 35.6 Å². The molecule has 10 heteroatoms. The molecule has 0 aliphatic heterocycles. The summed E-state index contributed by atoms with van der Waals surface area (Å²) >= 11 is 6.37. The molecule has 1 aliphatic carbocycles. The lowest BCUT2D eigenvalue weighted by molar-refractivity contribution is -0.126. The highest BCUT2D eigenvalue weighted by atomic mass is 35.5. The van der Waals surface area contributed by atoms with Crippen LogP contribution in [0.5, 0.6) is 0 Å². The highest BCUT2D eigenvalue weighted by Crippen LogP contribution is 2.30. The number of amides is 1. The van der Waals surface area contributed by atoms with Gasteiger partial charge in [0.2, 0.25) is 15.9 Å². The van der Waals surface area contributed by atoms with Crippen molar-refractivity contribution in [3.8, 4) is 11.3 Å². The number of carbonyl (C=O) groups excluding carboxylic acids is 1. The summed E-state index contributed by atoms with van der Waals surface area (Å²) in [7, 11) is -3.83. The maximum Gasteiger partial charge on any atom is 0.242 e. The number of halogens is 2. The number of hydrogen-bond donors (Lipinski definition) is 2. The smallest absolute Gasteiger partial charge is 0.242 e. The average molecular weight is 531 g/mol. The summed E-state index contributed by atoms with van der Waals surface area (Å²) in [6, 6.07) is 10.5. The van der Waals surface area contributed by atoms with Crippen LogP contribution < -0.4 is 10.0 Å². The molecule has 1 amide bonds. The van der Waals surface area contributed by atoms with Crippen LogP contribution in [0.25, 0.3) is 11.3 Å². The van der Waals surface area contributed by atoms with Gasteiger partial charge in [0.25, 0.3) is 0 Å². The molecule has 1 aromatic carbocycles. The van der Waals surface area contributed by atoms with Gasteiger partial charge in [-0.25, -0.2) is 17.5 Å². The second-order valence-electron chi connectivity index (χ2n) is 9.14. The molecule has 1 saturated carbocycles. The molecule has 3 aromatic rings. The monoisotopic (exact) mass is 530 g/mol. The molecule has 0 bridgehead atoms. The van der Waals surface area contributed by atoms with Crippen molar-refractivity contribution in [2.45, 2.75) is 56.5 Å². The third-order valence-corrected chi connectivity index (χ3v) is 8.22. The molecule has 2 heterocycles. The van der Waals surface area contributed by atoms with Crippen LogP contribution >= 0.6 is 11.6 Å². The highest BCUT2D eigenvalue weighted by Gasteiger charge is 2.30. The van der Waals surface area contributed by atoms with E-state index in [4.69, 9.17) is 11.6 Å². The first-order valence-corrected chi connectivity index (χ1v) is 13.7. The SMILES string of the molecule is Cc1cc(-c2ncc(S(=O)(=O)NC3CCC(C(=O)N[C@H](C)c4ccc(F)cc4)CC3)cc2Cl)ccn1. The summed E-state index contributed by atoms with van der Waals surface area (Å²) in [6.45, 7) is 3.70. The van der Waals surface area contributed by atoms with Crippen LogP contribution in [0.15, 0.2) is 59.8 Å². The standard InChI is InChI=1S/C26H28ClFN4O3S/c1-16-13-20(11-12-29-16)25-24(27)14-23(15-30-25)36(34,35)32-22-9-5-19(6-10-22)26(33)31-17(2)18-3-7-21(28)8-4-18/h3-4,7-8,11-15,17,19,22,32H,5-6,9-10H2,1-2H3,(H,31,33)/t17-,19?,22?/m1/s1. The number of pyridine rings is 2. The van der Waals surface area contributed by atoms with Gasteiger partial charge >= 0.3 is 0 Å². The van der Waals surface area contributed by atoms with Crippen LogP contribution in [-0.4, -0.2) is 30.3 Å². The van der Waals surface area contributed by atoms with E-state index in [2.05, 4.69) is 20.0 Å². The fourth-order valence-corrected chi connectivity index (χ4v) is 6.01. The minimum absolute atomic E-state index is 0.00461. The fraction of sp³-hybridized carbons (Fsp3) is 0.346. The van der Waals surface area contributed by atoms with Crippen LogP contribution in [0, 0.1) is 18.7 Å². The lowest BCUT2D eigenvalue weighted by atomic mass is 9.85. The van der Waals surface area contributed by atoms with Crippen LogP contribution in [-0.2, 0) is 14.8 Å². The Kier molecular flexibility index (Phi) is 8.02. The van der Waals surface area contributed by atoms with E-state index in [1.54, 1.807) is 24.4 Å². The van der Waals surface area contributed by atoms with Crippen LogP contribution in [0.2, 0.25) is 5.02 Å². The minimum Gasteiger partial charge on any atom is -0.349 e. The van der Waals surface area contributed by atoms with Crippen LogP contribution in [0.1, 0.15) is 49.9 Å². The van der Waals surface area contributed by atoms with Crippen LogP contribution in [0.4, 0.5) is 4.39 Å². The van der Waals surface area contributed by atoms with E-state index >= 15 is 0 Å². The lowest BCUT2D eigenvalue weighted by Gasteiger charge is -2.29. The van der Waals surface area contributed by atoms with Gasteiger partial charge in [-0.15, -0.1) is 0 Å². The van der Waals surface area contributed by atoms with E-state index in [9.17, 15) is 17.6 Å². The first-order chi connectivity index (χ1) is 17.1. The quantitative estimate of drug-likeness (QED) is 0.449. The molecule has 2 aromatic heterocycles. The zero-order valence-corrected chi connectivity index (χ0v) is 21.6. The number of benzene rings is 1.